The highest BCUT2D eigenvalue weighted by molar-refractivity contribution is 6.25. The van der Waals surface area contributed by atoms with E-state index in [4.69, 9.17) is 0 Å². The molecule has 0 aromatic heterocycles. The van der Waals surface area contributed by atoms with Gasteiger partial charge in [-0.05, 0) is 97.7 Å². The van der Waals surface area contributed by atoms with Crippen LogP contribution in [0.15, 0.2) is 133 Å². The Balaban J connectivity index is 1.26. The average molecular weight is 859 g/mol. The molecule has 10 rings (SSSR count). The predicted octanol–water partition coefficient (Wildman–Crippen LogP) is 15.8. The van der Waals surface area contributed by atoms with Gasteiger partial charge in [0.15, 0.2) is 46.5 Å². The van der Waals surface area contributed by atoms with Gasteiger partial charge in [0.05, 0.1) is 5.69 Å². The van der Waals surface area contributed by atoms with Gasteiger partial charge < -0.3 is 9.80 Å². The first-order chi connectivity index (χ1) is 30.2. The van der Waals surface area contributed by atoms with Crippen LogP contribution >= 0.6 is 0 Å². The average Bonchev–Trinajstić information content (AvgIpc) is 3.31. The number of rotatable bonds is 6. The fourth-order valence-corrected chi connectivity index (χ4v) is 9.06. The lowest BCUT2D eigenvalue weighted by molar-refractivity contribution is 0.380. The molecule has 0 spiro atoms. The van der Waals surface area contributed by atoms with E-state index >= 15 is 17.6 Å². The zero-order valence-corrected chi connectivity index (χ0v) is 32.9. The lowest BCUT2D eigenvalue weighted by atomic mass is 9.68. The van der Waals surface area contributed by atoms with Crippen LogP contribution in [0.25, 0.3) is 43.4 Å². The molecule has 0 saturated heterocycles. The molecule has 0 atom stereocenters. The molecule has 0 amide bonds. The Kier molecular flexibility index (Phi) is 9.07. The number of anilines is 6. The van der Waals surface area contributed by atoms with Gasteiger partial charge in [0.1, 0.15) is 11.4 Å². The van der Waals surface area contributed by atoms with Gasteiger partial charge in [-0.3, -0.25) is 0 Å². The third-order valence-corrected chi connectivity index (χ3v) is 12.0. The summed E-state index contributed by atoms with van der Waals surface area (Å²) in [7, 11) is 0. The summed E-state index contributed by atoms with van der Waals surface area (Å²) < 4.78 is 151. The van der Waals surface area contributed by atoms with Gasteiger partial charge in [0.25, 0.3) is 0 Å². The lowest BCUT2D eigenvalue weighted by Crippen LogP contribution is -2.25. The summed E-state index contributed by atoms with van der Waals surface area (Å²) in [6.07, 6.45) is 0. The van der Waals surface area contributed by atoms with Crippen LogP contribution in [0.3, 0.4) is 0 Å². The molecule has 0 heterocycles. The molecule has 2 nitrogen and oxygen atoms in total. The van der Waals surface area contributed by atoms with E-state index in [0.29, 0.717) is 38.1 Å². The molecule has 312 valence electrons. The van der Waals surface area contributed by atoms with Crippen LogP contribution in [0.4, 0.5) is 78.0 Å². The molecule has 9 aromatic rings. The second-order valence-electron chi connectivity index (χ2n) is 15.7. The molecular formula is C51H28F10N2. The van der Waals surface area contributed by atoms with E-state index in [0.717, 1.165) is 26.3 Å². The molecule has 0 N–H and O–H groups in total. The third-order valence-electron chi connectivity index (χ3n) is 12.0. The minimum Gasteiger partial charge on any atom is -0.305 e. The van der Waals surface area contributed by atoms with E-state index in [1.54, 1.807) is 78.9 Å². The highest BCUT2D eigenvalue weighted by Gasteiger charge is 2.37. The van der Waals surface area contributed by atoms with E-state index in [2.05, 4.69) is 0 Å². The maximum absolute atomic E-state index is 15.9. The summed E-state index contributed by atoms with van der Waals surface area (Å²) in [6, 6.07) is 36.5. The van der Waals surface area contributed by atoms with Gasteiger partial charge >= 0.3 is 0 Å². The van der Waals surface area contributed by atoms with Crippen LogP contribution < -0.4 is 9.80 Å². The Morgan fingerprint density at radius 2 is 0.794 bits per heavy atom. The molecule has 0 bridgehead atoms. The first-order valence-corrected chi connectivity index (χ1v) is 19.5. The quantitative estimate of drug-likeness (QED) is 0.0711. The van der Waals surface area contributed by atoms with E-state index in [1.165, 1.54) is 30.3 Å². The fraction of sp³-hybridized carbons (Fsp3) is 0.0588. The number of fused-ring (bicyclic) bond motifs is 6. The number of halogens is 10. The number of para-hydroxylation sites is 2. The van der Waals surface area contributed by atoms with E-state index in [-0.39, 0.29) is 22.7 Å². The van der Waals surface area contributed by atoms with Crippen LogP contribution in [-0.4, -0.2) is 0 Å². The van der Waals surface area contributed by atoms with Crippen molar-refractivity contribution >= 4 is 66.4 Å². The Morgan fingerprint density at radius 3 is 1.37 bits per heavy atom. The lowest BCUT2D eigenvalue weighted by Gasteiger charge is -2.37. The van der Waals surface area contributed by atoms with Crippen molar-refractivity contribution in [2.75, 3.05) is 9.80 Å². The fourth-order valence-electron chi connectivity index (χ4n) is 9.06. The van der Waals surface area contributed by atoms with Crippen molar-refractivity contribution in [1.29, 1.82) is 0 Å². The molecule has 9 aromatic carbocycles. The molecule has 12 heteroatoms. The maximum Gasteiger partial charge on any atom is 0.200 e. The SMILES string of the molecule is CC1(C)c2cc(N(c3ccccc3)c3c(F)c(F)c(F)c(F)c3F)ccc2-c2cc3c4ccccc4c(N(c4ccccc4)c4c(F)c(F)c(F)c(F)c4F)cc3c3cccc1c23. The van der Waals surface area contributed by atoms with Crippen molar-refractivity contribution in [3.05, 3.63) is 203 Å². The topological polar surface area (TPSA) is 6.48 Å². The summed E-state index contributed by atoms with van der Waals surface area (Å²) in [6.45, 7) is 3.85. The second-order valence-corrected chi connectivity index (χ2v) is 15.7. The summed E-state index contributed by atoms with van der Waals surface area (Å²) in [5, 5.41) is 3.70. The molecule has 0 fully saturated rings. The van der Waals surface area contributed by atoms with Gasteiger partial charge in [0.2, 0.25) is 11.6 Å². The van der Waals surface area contributed by atoms with Crippen molar-refractivity contribution in [2.45, 2.75) is 19.3 Å². The Morgan fingerprint density at radius 1 is 0.333 bits per heavy atom. The Bertz CT molecular complexity index is 3330. The molecule has 0 radical (unpaired) electrons. The highest BCUT2D eigenvalue weighted by atomic mass is 19.2. The van der Waals surface area contributed by atoms with Crippen LogP contribution in [-0.2, 0) is 5.41 Å². The first kappa shape index (κ1) is 39.8. The van der Waals surface area contributed by atoms with Crippen molar-refractivity contribution in [3.63, 3.8) is 0 Å². The number of nitrogens with zero attached hydrogens (tertiary/aromatic N) is 2. The molecular weight excluding hydrogens is 831 g/mol. The molecule has 0 aliphatic heterocycles. The van der Waals surface area contributed by atoms with Gasteiger partial charge in [-0.2, -0.15) is 0 Å². The first-order valence-electron chi connectivity index (χ1n) is 19.5. The molecule has 0 unspecified atom stereocenters. The zero-order chi connectivity index (χ0) is 44.2. The van der Waals surface area contributed by atoms with E-state index in [1.807, 2.05) is 38.1 Å². The van der Waals surface area contributed by atoms with Crippen LogP contribution in [0.5, 0.6) is 0 Å². The minimum atomic E-state index is -2.29. The largest absolute Gasteiger partial charge is 0.305 e. The van der Waals surface area contributed by atoms with Crippen LogP contribution in [0, 0.1) is 58.2 Å². The summed E-state index contributed by atoms with van der Waals surface area (Å²) in [4.78, 5) is 2.01. The maximum atomic E-state index is 15.9. The van der Waals surface area contributed by atoms with Crippen LogP contribution in [0.1, 0.15) is 25.0 Å². The van der Waals surface area contributed by atoms with E-state index in [9.17, 15) is 26.3 Å². The Labute approximate surface area is 352 Å². The van der Waals surface area contributed by atoms with Gasteiger partial charge in [0, 0.05) is 27.9 Å². The summed E-state index contributed by atoms with van der Waals surface area (Å²) in [5.41, 5.74) is 0.159. The van der Waals surface area contributed by atoms with Crippen molar-refractivity contribution in [2.24, 2.45) is 0 Å². The van der Waals surface area contributed by atoms with Gasteiger partial charge in [-0.15, -0.1) is 0 Å². The molecule has 1 aliphatic rings. The second kappa shape index (κ2) is 14.4. The summed E-state index contributed by atoms with van der Waals surface area (Å²) >= 11 is 0. The van der Waals surface area contributed by atoms with Crippen molar-refractivity contribution < 1.29 is 43.9 Å². The molecule has 63 heavy (non-hydrogen) atoms. The van der Waals surface area contributed by atoms with Gasteiger partial charge in [-0.1, -0.05) is 98.8 Å². The standard InChI is InChI=1S/C51H28F10N2/c1-51(2)35-19-11-18-31-33-24-37(63(26-14-7-4-8-15-26)50-47(60)43(56)40(53)44(57)48(50)61)30-17-10-9-16-28(30)32(33)23-34(38(31)35)29-21-20-27(22-36(29)51)62(25-12-5-3-6-13-25)49-45(58)41(54)39(52)42(55)46(49)59/h3-24H,1-2H3. The zero-order valence-electron chi connectivity index (χ0n) is 32.9. The van der Waals surface area contributed by atoms with Gasteiger partial charge in [-0.25, -0.2) is 43.9 Å². The van der Waals surface area contributed by atoms with Crippen LogP contribution in [0.2, 0.25) is 0 Å². The molecule has 0 saturated carbocycles. The number of benzene rings is 9. The number of hydrogen-bond acceptors (Lipinski definition) is 2. The van der Waals surface area contributed by atoms with Crippen molar-refractivity contribution in [1.82, 2.24) is 0 Å². The van der Waals surface area contributed by atoms with E-state index < -0.39 is 75.0 Å². The third kappa shape index (κ3) is 5.73. The Hall–Kier alpha value is -7.34. The molecule has 1 aliphatic carbocycles. The predicted molar refractivity (Wildman–Crippen MR) is 225 cm³/mol. The number of hydrogen-bond donors (Lipinski definition) is 0. The summed E-state index contributed by atoms with van der Waals surface area (Å²) in [5.74, 6) is -21.0. The monoisotopic (exact) mass is 858 g/mol. The smallest absolute Gasteiger partial charge is 0.200 e. The minimum absolute atomic E-state index is 0.108. The highest BCUT2D eigenvalue weighted by Crippen LogP contribution is 2.54. The van der Waals surface area contributed by atoms with Crippen molar-refractivity contribution in [3.8, 4) is 11.1 Å². The normalized spacial score (nSPS) is 12.9.